The van der Waals surface area contributed by atoms with Crippen LogP contribution < -0.4 is 0 Å². The minimum absolute atomic E-state index is 0.00300. The molecular weight excluding hydrogens is 454 g/mol. The van der Waals surface area contributed by atoms with Gasteiger partial charge in [0.2, 0.25) is 0 Å². The number of aromatic hydroxyl groups is 1. The number of phenols is 1. The van der Waals surface area contributed by atoms with Gasteiger partial charge in [0, 0.05) is 11.0 Å². The minimum Gasteiger partial charge on any atom is -0.505 e. The molecule has 0 heterocycles. The molecule has 0 fully saturated rings. The maximum Gasteiger partial charge on any atom is 0.147 e. The zero-order chi connectivity index (χ0) is 26.0. The van der Waals surface area contributed by atoms with Gasteiger partial charge in [0.25, 0.3) is 0 Å². The van der Waals surface area contributed by atoms with Gasteiger partial charge in [0.1, 0.15) is 17.1 Å². The highest BCUT2D eigenvalue weighted by atomic mass is 35.5. The first-order valence-electron chi connectivity index (χ1n) is 11.9. The van der Waals surface area contributed by atoms with E-state index in [1.54, 1.807) is 18.2 Å². The highest BCUT2D eigenvalue weighted by Gasteiger charge is 2.39. The summed E-state index contributed by atoms with van der Waals surface area (Å²) in [5, 5.41) is 29.8. The molecule has 0 spiro atoms. The maximum atomic E-state index is 11.4. The van der Waals surface area contributed by atoms with Gasteiger partial charge in [-0.1, -0.05) is 103 Å². The number of azo groups is 1. The van der Waals surface area contributed by atoms with E-state index >= 15 is 0 Å². The topological polar surface area (TPSA) is 68.7 Å². The molecule has 1 N–H and O–H groups in total. The number of nitrogens with zero attached hydrogens (tertiary/aromatic N) is 3. The number of phenolic OH excluding ortho intramolecular Hbond substituents is 1. The van der Waals surface area contributed by atoms with Crippen molar-refractivity contribution < 1.29 is 5.11 Å². The van der Waals surface area contributed by atoms with Crippen LogP contribution >= 0.6 is 11.6 Å². The SMILES string of the molecule is CCC(C)(C)C(C)(C)c1cc(N=Nc2cc(C#N)ccc2Cl)c(O)c(C(C)(C)c2ccccc2)c1. The van der Waals surface area contributed by atoms with Gasteiger partial charge in [-0.05, 0) is 46.2 Å². The van der Waals surface area contributed by atoms with E-state index in [1.807, 2.05) is 24.3 Å². The van der Waals surface area contributed by atoms with Crippen molar-refractivity contribution in [1.29, 1.82) is 5.26 Å². The number of hydrogen-bond acceptors (Lipinski definition) is 4. The maximum absolute atomic E-state index is 11.4. The van der Waals surface area contributed by atoms with Gasteiger partial charge >= 0.3 is 0 Å². The lowest BCUT2D eigenvalue weighted by Crippen LogP contribution is -2.36. The summed E-state index contributed by atoms with van der Waals surface area (Å²) in [7, 11) is 0. The lowest BCUT2D eigenvalue weighted by molar-refractivity contribution is 0.189. The molecule has 0 atom stereocenters. The fourth-order valence-electron chi connectivity index (χ4n) is 4.14. The van der Waals surface area contributed by atoms with Gasteiger partial charge in [-0.3, -0.25) is 0 Å². The predicted octanol–water partition coefficient (Wildman–Crippen LogP) is 9.37. The average molecular weight is 488 g/mol. The second-order valence-electron chi connectivity index (χ2n) is 10.7. The highest BCUT2D eigenvalue weighted by Crippen LogP contribution is 2.49. The Labute approximate surface area is 214 Å². The molecule has 4 nitrogen and oxygen atoms in total. The highest BCUT2D eigenvalue weighted by molar-refractivity contribution is 6.33. The Morgan fingerprint density at radius 1 is 0.857 bits per heavy atom. The first-order chi connectivity index (χ1) is 16.3. The Morgan fingerprint density at radius 2 is 1.49 bits per heavy atom. The molecule has 0 saturated carbocycles. The van der Waals surface area contributed by atoms with Crippen molar-refractivity contribution in [3.8, 4) is 11.8 Å². The van der Waals surface area contributed by atoms with Gasteiger partial charge in [-0.15, -0.1) is 10.2 Å². The summed E-state index contributed by atoms with van der Waals surface area (Å²) in [6, 6.07) is 21.1. The fraction of sp³-hybridized carbons (Fsp3) is 0.367. The Bertz CT molecular complexity index is 1280. The lowest BCUT2D eigenvalue weighted by atomic mass is 9.62. The molecule has 3 aromatic rings. The molecule has 0 saturated heterocycles. The molecule has 0 aliphatic rings. The van der Waals surface area contributed by atoms with Crippen LogP contribution in [0.2, 0.25) is 5.02 Å². The molecule has 0 unspecified atom stereocenters. The Hall–Kier alpha value is -3.16. The Kier molecular flexibility index (Phi) is 7.43. The number of benzene rings is 3. The van der Waals surface area contributed by atoms with Crippen LogP contribution in [0.15, 0.2) is 70.9 Å². The fourth-order valence-corrected chi connectivity index (χ4v) is 4.30. The smallest absolute Gasteiger partial charge is 0.147 e. The molecule has 0 aliphatic carbocycles. The van der Waals surface area contributed by atoms with Crippen molar-refractivity contribution in [2.24, 2.45) is 15.6 Å². The zero-order valence-corrected chi connectivity index (χ0v) is 22.4. The van der Waals surface area contributed by atoms with E-state index in [4.69, 9.17) is 11.6 Å². The molecule has 3 aromatic carbocycles. The van der Waals surface area contributed by atoms with E-state index in [-0.39, 0.29) is 16.6 Å². The molecule has 3 rings (SSSR count). The van der Waals surface area contributed by atoms with E-state index in [0.29, 0.717) is 22.0 Å². The summed E-state index contributed by atoms with van der Waals surface area (Å²) in [5.74, 6) is 0.0871. The lowest BCUT2D eigenvalue weighted by Gasteiger charge is -2.42. The summed E-state index contributed by atoms with van der Waals surface area (Å²) in [4.78, 5) is 0. The van der Waals surface area contributed by atoms with Gasteiger partial charge in [0.15, 0.2) is 0 Å². The quantitative estimate of drug-likeness (QED) is 0.337. The van der Waals surface area contributed by atoms with Crippen molar-refractivity contribution in [2.75, 3.05) is 0 Å². The second-order valence-corrected chi connectivity index (χ2v) is 11.1. The van der Waals surface area contributed by atoms with Crippen molar-refractivity contribution in [3.05, 3.63) is 87.9 Å². The Morgan fingerprint density at radius 3 is 2.09 bits per heavy atom. The van der Waals surface area contributed by atoms with Crippen molar-refractivity contribution >= 4 is 23.0 Å². The number of nitriles is 1. The van der Waals surface area contributed by atoms with Gasteiger partial charge in [-0.2, -0.15) is 5.26 Å². The molecule has 35 heavy (non-hydrogen) atoms. The Balaban J connectivity index is 2.26. The summed E-state index contributed by atoms with van der Waals surface area (Å²) in [6.07, 6.45) is 0.992. The van der Waals surface area contributed by atoms with E-state index in [1.165, 1.54) is 0 Å². The largest absolute Gasteiger partial charge is 0.505 e. The first-order valence-corrected chi connectivity index (χ1v) is 12.3. The molecule has 0 aromatic heterocycles. The van der Waals surface area contributed by atoms with Crippen LogP contribution in [0.4, 0.5) is 11.4 Å². The van der Waals surface area contributed by atoms with Crippen LogP contribution in [-0.4, -0.2) is 5.11 Å². The standard InChI is InChI=1S/C30H34ClN3O/c1-8-28(2,3)30(6,7)22-17-23(29(4,5)21-12-10-9-11-13-21)27(35)26(18-22)34-33-25-16-20(19-32)14-15-24(25)31/h9-18,35H,8H2,1-7H3. The number of rotatable bonds is 7. The third-order valence-corrected chi connectivity index (χ3v) is 8.22. The normalized spacial score (nSPS) is 12.7. The molecule has 0 bridgehead atoms. The number of hydrogen-bond donors (Lipinski definition) is 1. The van der Waals surface area contributed by atoms with E-state index in [9.17, 15) is 10.4 Å². The van der Waals surface area contributed by atoms with Gasteiger partial charge in [-0.25, -0.2) is 0 Å². The van der Waals surface area contributed by atoms with Crippen molar-refractivity contribution in [1.82, 2.24) is 0 Å². The molecule has 0 radical (unpaired) electrons. The first kappa shape index (κ1) is 26.4. The third kappa shape index (κ3) is 5.11. The predicted molar refractivity (Wildman–Crippen MR) is 144 cm³/mol. The second kappa shape index (κ2) is 9.84. The summed E-state index contributed by atoms with van der Waals surface area (Å²) in [6.45, 7) is 15.4. The zero-order valence-electron chi connectivity index (χ0n) is 21.6. The minimum atomic E-state index is -0.476. The van der Waals surface area contributed by atoms with Crippen LogP contribution in [-0.2, 0) is 10.8 Å². The average Bonchev–Trinajstić information content (AvgIpc) is 2.84. The summed E-state index contributed by atoms with van der Waals surface area (Å²) in [5.41, 5.74) is 3.46. The van der Waals surface area contributed by atoms with Crippen LogP contribution in [0.25, 0.3) is 0 Å². The van der Waals surface area contributed by atoms with Gasteiger partial charge in [0.05, 0.1) is 16.7 Å². The molecule has 182 valence electrons. The summed E-state index contributed by atoms with van der Waals surface area (Å²) < 4.78 is 0. The monoisotopic (exact) mass is 487 g/mol. The molecule has 0 aliphatic heterocycles. The molecular formula is C30H34ClN3O. The third-order valence-electron chi connectivity index (χ3n) is 7.90. The molecule has 5 heteroatoms. The van der Waals surface area contributed by atoms with E-state index in [0.717, 1.165) is 23.1 Å². The van der Waals surface area contributed by atoms with E-state index in [2.05, 4.69) is 83.0 Å². The van der Waals surface area contributed by atoms with Crippen LogP contribution in [0.3, 0.4) is 0 Å². The van der Waals surface area contributed by atoms with Crippen LogP contribution in [0.1, 0.15) is 77.1 Å². The van der Waals surface area contributed by atoms with E-state index < -0.39 is 5.41 Å². The van der Waals surface area contributed by atoms with Crippen LogP contribution in [0.5, 0.6) is 5.75 Å². The molecule has 0 amide bonds. The van der Waals surface area contributed by atoms with Crippen molar-refractivity contribution in [3.63, 3.8) is 0 Å². The van der Waals surface area contributed by atoms with Crippen LogP contribution in [0, 0.1) is 16.7 Å². The van der Waals surface area contributed by atoms with Gasteiger partial charge < -0.3 is 5.11 Å². The summed E-state index contributed by atoms with van der Waals surface area (Å²) >= 11 is 6.30. The number of halogens is 1. The van der Waals surface area contributed by atoms with Crippen molar-refractivity contribution in [2.45, 2.75) is 65.7 Å².